The third kappa shape index (κ3) is 5.77. The first-order valence-electron chi connectivity index (χ1n) is 6.70. The number of unbranched alkanes of at least 4 members (excludes halogenated alkanes) is 1. The highest BCUT2D eigenvalue weighted by atomic mass is 16.5. The van der Waals surface area contributed by atoms with E-state index in [2.05, 4.69) is 15.4 Å². The second-order valence-corrected chi connectivity index (χ2v) is 4.60. The quantitative estimate of drug-likeness (QED) is 0.594. The Labute approximate surface area is 118 Å². The van der Waals surface area contributed by atoms with Crippen molar-refractivity contribution in [1.82, 2.24) is 10.6 Å². The third-order valence-electron chi connectivity index (χ3n) is 2.86. The average molecular weight is 282 g/mol. The maximum Gasteiger partial charge on any atom is 0.315 e. The number of carbonyl (C=O) groups is 2. The summed E-state index contributed by atoms with van der Waals surface area (Å²) in [5, 5.41) is 5.52. The van der Waals surface area contributed by atoms with E-state index >= 15 is 0 Å². The highest BCUT2D eigenvalue weighted by molar-refractivity contribution is 5.74. The van der Waals surface area contributed by atoms with Crippen molar-refractivity contribution in [2.24, 2.45) is 0 Å². The second-order valence-electron chi connectivity index (χ2n) is 4.60. The molecule has 112 valence electrons. The van der Waals surface area contributed by atoms with Gasteiger partial charge in [0.05, 0.1) is 13.2 Å². The molecule has 0 radical (unpaired) electrons. The van der Waals surface area contributed by atoms with Gasteiger partial charge in [-0.1, -0.05) is 0 Å². The first kappa shape index (κ1) is 16.1. The minimum absolute atomic E-state index is 0.182. The Morgan fingerprint density at radius 3 is 2.70 bits per heavy atom. The van der Waals surface area contributed by atoms with Crippen LogP contribution in [0.25, 0.3) is 0 Å². The van der Waals surface area contributed by atoms with E-state index in [0.29, 0.717) is 19.4 Å². The van der Waals surface area contributed by atoms with Gasteiger partial charge >= 0.3 is 12.0 Å². The van der Waals surface area contributed by atoms with Crippen LogP contribution in [-0.2, 0) is 9.53 Å². The van der Waals surface area contributed by atoms with Crippen LogP contribution >= 0.6 is 0 Å². The fourth-order valence-electron chi connectivity index (χ4n) is 1.70. The van der Waals surface area contributed by atoms with Crippen LogP contribution in [-0.4, -0.2) is 25.7 Å². The molecule has 2 amide bonds. The zero-order chi connectivity index (χ0) is 15.0. The van der Waals surface area contributed by atoms with Crippen LogP contribution in [0.15, 0.2) is 16.5 Å². The summed E-state index contributed by atoms with van der Waals surface area (Å²) in [5.41, 5.74) is 0. The summed E-state index contributed by atoms with van der Waals surface area (Å²) in [6.45, 7) is 4.24. The Morgan fingerprint density at radius 1 is 1.35 bits per heavy atom. The lowest BCUT2D eigenvalue weighted by Gasteiger charge is -2.12. The molecule has 0 aliphatic heterocycles. The molecule has 0 bridgehead atoms. The Morgan fingerprint density at radius 2 is 2.10 bits per heavy atom. The van der Waals surface area contributed by atoms with E-state index in [1.165, 1.54) is 7.11 Å². The van der Waals surface area contributed by atoms with Crippen LogP contribution in [0.5, 0.6) is 0 Å². The Kier molecular flexibility index (Phi) is 6.63. The molecule has 0 aliphatic rings. The predicted octanol–water partition coefficient (Wildman–Crippen LogP) is 2.29. The van der Waals surface area contributed by atoms with Gasteiger partial charge in [0.15, 0.2) is 0 Å². The lowest BCUT2D eigenvalue weighted by Crippen LogP contribution is -2.37. The first-order valence-corrected chi connectivity index (χ1v) is 6.70. The van der Waals surface area contributed by atoms with E-state index in [-0.39, 0.29) is 18.0 Å². The average Bonchev–Trinajstić information content (AvgIpc) is 2.84. The van der Waals surface area contributed by atoms with Crippen LogP contribution in [0.3, 0.4) is 0 Å². The number of aryl methyl sites for hydroxylation is 1. The number of methoxy groups -OCH3 is 1. The molecule has 2 N–H and O–H groups in total. The van der Waals surface area contributed by atoms with Crippen molar-refractivity contribution in [3.8, 4) is 0 Å². The zero-order valence-electron chi connectivity index (χ0n) is 12.2. The fraction of sp³-hybridized carbons (Fsp3) is 0.571. The fourth-order valence-corrected chi connectivity index (χ4v) is 1.70. The van der Waals surface area contributed by atoms with Gasteiger partial charge in [-0.15, -0.1) is 0 Å². The van der Waals surface area contributed by atoms with Gasteiger partial charge in [0, 0.05) is 13.0 Å². The van der Waals surface area contributed by atoms with E-state index in [1.54, 1.807) is 0 Å². The summed E-state index contributed by atoms with van der Waals surface area (Å²) in [6, 6.07) is 3.28. The van der Waals surface area contributed by atoms with Gasteiger partial charge in [-0.3, -0.25) is 4.79 Å². The minimum Gasteiger partial charge on any atom is -0.469 e. The van der Waals surface area contributed by atoms with E-state index in [4.69, 9.17) is 4.42 Å². The normalized spacial score (nSPS) is 11.8. The van der Waals surface area contributed by atoms with Crippen LogP contribution in [0.2, 0.25) is 0 Å². The molecule has 1 aromatic rings. The minimum atomic E-state index is -0.246. The topological polar surface area (TPSA) is 80.6 Å². The number of hydrogen-bond acceptors (Lipinski definition) is 4. The summed E-state index contributed by atoms with van der Waals surface area (Å²) in [5.74, 6) is 1.32. The zero-order valence-corrected chi connectivity index (χ0v) is 12.2. The van der Waals surface area contributed by atoms with E-state index in [0.717, 1.165) is 17.9 Å². The number of amides is 2. The van der Waals surface area contributed by atoms with Crippen molar-refractivity contribution in [2.45, 2.75) is 39.2 Å². The SMILES string of the molecule is COC(=O)CCCCNC(=O)NC(C)c1ccc(C)o1. The number of ether oxygens (including phenoxy) is 1. The third-order valence-corrected chi connectivity index (χ3v) is 2.86. The molecule has 6 heteroatoms. The molecular weight excluding hydrogens is 260 g/mol. The molecule has 0 spiro atoms. The van der Waals surface area contributed by atoms with Crippen LogP contribution in [0, 0.1) is 6.92 Å². The van der Waals surface area contributed by atoms with Crippen molar-refractivity contribution < 1.29 is 18.7 Å². The number of rotatable bonds is 7. The Balaban J connectivity index is 2.15. The molecule has 1 unspecified atom stereocenters. The summed E-state index contributed by atoms with van der Waals surface area (Å²) >= 11 is 0. The molecule has 0 aromatic carbocycles. The molecule has 0 aliphatic carbocycles. The van der Waals surface area contributed by atoms with Crippen molar-refractivity contribution in [3.05, 3.63) is 23.7 Å². The number of carbonyl (C=O) groups excluding carboxylic acids is 2. The molecule has 20 heavy (non-hydrogen) atoms. The molecule has 1 aromatic heterocycles. The summed E-state index contributed by atoms with van der Waals surface area (Å²) < 4.78 is 9.97. The van der Waals surface area contributed by atoms with Crippen LogP contribution in [0.1, 0.15) is 43.7 Å². The van der Waals surface area contributed by atoms with Gasteiger partial charge in [0.25, 0.3) is 0 Å². The number of furan rings is 1. The maximum atomic E-state index is 11.6. The Bertz CT molecular complexity index is 442. The highest BCUT2D eigenvalue weighted by Crippen LogP contribution is 2.15. The lowest BCUT2D eigenvalue weighted by molar-refractivity contribution is -0.140. The second kappa shape index (κ2) is 8.24. The van der Waals surface area contributed by atoms with Gasteiger partial charge in [0.2, 0.25) is 0 Å². The van der Waals surface area contributed by atoms with Crippen LogP contribution < -0.4 is 10.6 Å². The Hall–Kier alpha value is -1.98. The van der Waals surface area contributed by atoms with Gasteiger partial charge in [-0.25, -0.2) is 4.79 Å². The van der Waals surface area contributed by atoms with Gasteiger partial charge in [-0.2, -0.15) is 0 Å². The molecular formula is C14H22N2O4. The maximum absolute atomic E-state index is 11.6. The molecule has 0 saturated carbocycles. The number of hydrogen-bond donors (Lipinski definition) is 2. The van der Waals surface area contributed by atoms with Gasteiger partial charge < -0.3 is 19.8 Å². The number of esters is 1. The first-order chi connectivity index (χ1) is 9.52. The van der Waals surface area contributed by atoms with Crippen molar-refractivity contribution in [2.75, 3.05) is 13.7 Å². The predicted molar refractivity (Wildman–Crippen MR) is 74.3 cm³/mol. The van der Waals surface area contributed by atoms with Gasteiger partial charge in [0.1, 0.15) is 11.5 Å². The highest BCUT2D eigenvalue weighted by Gasteiger charge is 2.12. The van der Waals surface area contributed by atoms with Crippen LogP contribution in [0.4, 0.5) is 4.79 Å². The number of nitrogens with one attached hydrogen (secondary N) is 2. The molecule has 0 fully saturated rings. The van der Waals surface area contributed by atoms with E-state index in [1.807, 2.05) is 26.0 Å². The lowest BCUT2D eigenvalue weighted by atomic mass is 10.2. The van der Waals surface area contributed by atoms with E-state index < -0.39 is 0 Å². The summed E-state index contributed by atoms with van der Waals surface area (Å²) in [7, 11) is 1.37. The number of urea groups is 1. The molecule has 1 atom stereocenters. The standard InChI is InChI=1S/C14H22N2O4/c1-10-7-8-12(20-10)11(2)16-14(18)15-9-5-4-6-13(17)19-3/h7-8,11H,4-6,9H2,1-3H3,(H2,15,16,18). The van der Waals surface area contributed by atoms with Crippen molar-refractivity contribution in [3.63, 3.8) is 0 Å². The smallest absolute Gasteiger partial charge is 0.315 e. The summed E-state index contributed by atoms with van der Waals surface area (Å²) in [6.07, 6.45) is 1.80. The van der Waals surface area contributed by atoms with Crippen molar-refractivity contribution >= 4 is 12.0 Å². The molecule has 1 rings (SSSR count). The van der Waals surface area contributed by atoms with Gasteiger partial charge in [-0.05, 0) is 38.8 Å². The molecule has 1 heterocycles. The largest absolute Gasteiger partial charge is 0.469 e. The molecule has 0 saturated heterocycles. The molecule has 6 nitrogen and oxygen atoms in total. The van der Waals surface area contributed by atoms with E-state index in [9.17, 15) is 9.59 Å². The monoisotopic (exact) mass is 282 g/mol. The summed E-state index contributed by atoms with van der Waals surface area (Å²) in [4.78, 5) is 22.5. The van der Waals surface area contributed by atoms with Crippen molar-refractivity contribution in [1.29, 1.82) is 0 Å².